The van der Waals surface area contributed by atoms with Gasteiger partial charge in [0.25, 0.3) is 10.0 Å². The molecule has 0 spiro atoms. The maximum Gasteiger partial charge on any atom is 0.417 e. The third kappa shape index (κ3) is 4.97. The number of sulfonamides is 1. The molecule has 0 fully saturated rings. The number of nitrogens with two attached hydrogens (primary N) is 2. The summed E-state index contributed by atoms with van der Waals surface area (Å²) in [6.45, 7) is 0.908. The number of hydrogen-bond donors (Lipinski definition) is 2. The first-order chi connectivity index (χ1) is 18.4. The Bertz CT molecular complexity index is 1590. The lowest BCUT2D eigenvalue weighted by Crippen LogP contribution is -2.58. The number of hydrogen-bond acceptors (Lipinski definition) is 7. The van der Waals surface area contributed by atoms with E-state index in [2.05, 4.69) is 15.0 Å². The molecule has 0 saturated carbocycles. The van der Waals surface area contributed by atoms with Crippen LogP contribution in [0.5, 0.6) is 0 Å². The number of aromatic nitrogens is 3. The summed E-state index contributed by atoms with van der Waals surface area (Å²) in [6.07, 6.45) is -1.25. The van der Waals surface area contributed by atoms with E-state index in [-0.39, 0.29) is 12.1 Å². The minimum Gasteiger partial charge on any atom is -0.369 e. The summed E-state index contributed by atoms with van der Waals surface area (Å²) in [5, 5.41) is 4.59. The van der Waals surface area contributed by atoms with Gasteiger partial charge in [0.15, 0.2) is 5.03 Å². The summed E-state index contributed by atoms with van der Waals surface area (Å²) in [5.74, 6) is -0.498. The van der Waals surface area contributed by atoms with Gasteiger partial charge in [-0.15, -0.1) is 0 Å². The van der Waals surface area contributed by atoms with E-state index < -0.39 is 44.3 Å². The Hall–Kier alpha value is -3.88. The predicted molar refractivity (Wildman–Crippen MR) is 135 cm³/mol. The van der Waals surface area contributed by atoms with Crippen LogP contribution in [0, 0.1) is 0 Å². The molecule has 14 heteroatoms. The lowest BCUT2D eigenvalue weighted by molar-refractivity contribution is -0.125. The molecular formula is C25H24F3N7O3S. The second-order valence-corrected chi connectivity index (χ2v) is 10.9. The standard InChI is InChI=1S/C25H24F3N7O3S/c26-25(27,28)18-12-24(22(29)36,17-6-7-31-21(11-17)39(30,37)38)23(33-13-18)34-8-9-35-19(14-32-20(35)15-34)10-16-4-2-1-3-5-16/h1-7,11-14,23H,8-10,15H2,(H2,29,36)(H2,30,37,38). The molecule has 0 aliphatic carbocycles. The SMILES string of the molecule is NC(=O)C1(c2ccnc(S(N)(=O)=O)c2)C=C(C(F)(F)F)C=NC1N1CCn2c(Cc3ccccc3)cnc2C1. The number of carbonyl (C=O) groups excluding carboxylic acids is 1. The van der Waals surface area contributed by atoms with Gasteiger partial charge in [0.1, 0.15) is 17.4 Å². The van der Waals surface area contributed by atoms with Crippen molar-refractivity contribution in [3.8, 4) is 0 Å². The molecule has 1 aromatic carbocycles. The van der Waals surface area contributed by atoms with Gasteiger partial charge in [-0.1, -0.05) is 30.3 Å². The Morgan fingerprint density at radius 2 is 1.87 bits per heavy atom. The minimum absolute atomic E-state index is 0.128. The lowest BCUT2D eigenvalue weighted by Gasteiger charge is -2.44. The van der Waals surface area contributed by atoms with Crippen molar-refractivity contribution in [1.82, 2.24) is 19.4 Å². The largest absolute Gasteiger partial charge is 0.417 e. The van der Waals surface area contributed by atoms with E-state index in [9.17, 15) is 26.4 Å². The number of aliphatic imine (C=N–C) groups is 1. The summed E-state index contributed by atoms with van der Waals surface area (Å²) in [4.78, 5) is 27.2. The van der Waals surface area contributed by atoms with Gasteiger partial charge in [-0.3, -0.25) is 14.7 Å². The number of alkyl halides is 3. The summed E-state index contributed by atoms with van der Waals surface area (Å²) < 4.78 is 67.4. The van der Waals surface area contributed by atoms with Gasteiger partial charge in [0, 0.05) is 43.8 Å². The maximum absolute atomic E-state index is 13.8. The fourth-order valence-electron chi connectivity index (χ4n) is 5.06. The van der Waals surface area contributed by atoms with E-state index >= 15 is 0 Å². The normalized spacial score (nSPS) is 21.8. The van der Waals surface area contributed by atoms with Crippen molar-refractivity contribution < 1.29 is 26.4 Å². The zero-order valence-corrected chi connectivity index (χ0v) is 21.2. The average molecular weight is 560 g/mol. The number of allylic oxidation sites excluding steroid dienone is 1. The molecule has 0 saturated heterocycles. The average Bonchev–Trinajstić information content (AvgIpc) is 3.29. The van der Waals surface area contributed by atoms with E-state index in [0.717, 1.165) is 23.5 Å². The van der Waals surface area contributed by atoms with Gasteiger partial charge in [-0.25, -0.2) is 23.5 Å². The third-order valence-corrected chi connectivity index (χ3v) is 7.74. The van der Waals surface area contributed by atoms with Crippen molar-refractivity contribution in [1.29, 1.82) is 0 Å². The molecule has 3 aromatic rings. The Labute approximate surface area is 221 Å². The molecule has 4 heterocycles. The zero-order valence-electron chi connectivity index (χ0n) is 20.4. The van der Waals surface area contributed by atoms with E-state index in [4.69, 9.17) is 10.9 Å². The molecule has 10 nitrogen and oxygen atoms in total. The predicted octanol–water partition coefficient (Wildman–Crippen LogP) is 1.65. The number of primary amides is 1. The van der Waals surface area contributed by atoms with E-state index in [1.165, 1.54) is 6.07 Å². The summed E-state index contributed by atoms with van der Waals surface area (Å²) in [5.41, 5.74) is 4.38. The number of amides is 1. The first-order valence-corrected chi connectivity index (χ1v) is 13.4. The molecule has 2 aliphatic heterocycles. The molecule has 1 amide bonds. The molecule has 204 valence electrons. The Morgan fingerprint density at radius 1 is 1.13 bits per heavy atom. The first-order valence-electron chi connectivity index (χ1n) is 11.8. The highest BCUT2D eigenvalue weighted by molar-refractivity contribution is 7.89. The monoisotopic (exact) mass is 559 g/mol. The molecular weight excluding hydrogens is 535 g/mol. The van der Waals surface area contributed by atoms with Crippen LogP contribution < -0.4 is 10.9 Å². The Morgan fingerprint density at radius 3 is 2.54 bits per heavy atom. The highest BCUT2D eigenvalue weighted by Gasteiger charge is 2.52. The Balaban J connectivity index is 1.56. The Kier molecular flexibility index (Phi) is 6.64. The number of nitrogens with zero attached hydrogens (tertiary/aromatic N) is 5. The van der Waals surface area contributed by atoms with Crippen molar-refractivity contribution in [2.75, 3.05) is 6.54 Å². The maximum atomic E-state index is 13.8. The molecule has 2 aliphatic rings. The number of carbonyl (C=O) groups is 1. The number of pyridine rings is 1. The van der Waals surface area contributed by atoms with Crippen LogP contribution in [0.4, 0.5) is 13.2 Å². The number of fused-ring (bicyclic) bond motifs is 1. The second kappa shape index (κ2) is 9.70. The molecule has 0 bridgehead atoms. The van der Waals surface area contributed by atoms with Crippen LogP contribution in [-0.2, 0) is 39.7 Å². The fourth-order valence-corrected chi connectivity index (χ4v) is 5.55. The van der Waals surface area contributed by atoms with Crippen molar-refractivity contribution in [2.45, 2.75) is 42.3 Å². The van der Waals surface area contributed by atoms with Crippen molar-refractivity contribution >= 4 is 22.1 Å². The number of benzene rings is 1. The summed E-state index contributed by atoms with van der Waals surface area (Å²) >= 11 is 0. The molecule has 4 N–H and O–H groups in total. The van der Waals surface area contributed by atoms with Gasteiger partial charge in [-0.05, 0) is 29.3 Å². The van der Waals surface area contributed by atoms with E-state index in [1.54, 1.807) is 11.1 Å². The molecule has 39 heavy (non-hydrogen) atoms. The van der Waals surface area contributed by atoms with E-state index in [0.29, 0.717) is 37.6 Å². The number of halogens is 3. The molecule has 5 rings (SSSR count). The zero-order chi connectivity index (χ0) is 28.0. The topological polar surface area (TPSA) is 150 Å². The first kappa shape index (κ1) is 26.7. The number of primary sulfonamides is 1. The van der Waals surface area contributed by atoms with Gasteiger partial charge < -0.3 is 10.3 Å². The summed E-state index contributed by atoms with van der Waals surface area (Å²) in [7, 11) is -4.34. The van der Waals surface area contributed by atoms with Gasteiger partial charge >= 0.3 is 6.18 Å². The van der Waals surface area contributed by atoms with Crippen LogP contribution in [0.3, 0.4) is 0 Å². The van der Waals surface area contributed by atoms with Crippen molar-refractivity contribution in [3.63, 3.8) is 0 Å². The highest BCUT2D eigenvalue weighted by atomic mass is 32.2. The molecule has 2 aromatic heterocycles. The van der Waals surface area contributed by atoms with Crippen LogP contribution in [0.25, 0.3) is 0 Å². The smallest absolute Gasteiger partial charge is 0.369 e. The van der Waals surface area contributed by atoms with Crippen molar-refractivity contribution in [2.24, 2.45) is 15.9 Å². The minimum atomic E-state index is -4.84. The molecule has 0 radical (unpaired) electrons. The number of imidazole rings is 1. The summed E-state index contributed by atoms with van der Waals surface area (Å²) in [6, 6.07) is 12.0. The number of rotatable bonds is 6. The van der Waals surface area contributed by atoms with Crippen LogP contribution in [-0.4, -0.2) is 58.9 Å². The van der Waals surface area contributed by atoms with Crippen LogP contribution in [0.15, 0.2) is 76.5 Å². The van der Waals surface area contributed by atoms with Gasteiger partial charge in [0.05, 0.1) is 12.1 Å². The molecule has 2 atom stereocenters. The highest BCUT2D eigenvalue weighted by Crippen LogP contribution is 2.41. The second-order valence-electron chi connectivity index (χ2n) is 9.36. The fraction of sp³-hybridized carbons (Fsp3) is 0.280. The van der Waals surface area contributed by atoms with Crippen LogP contribution in [0.2, 0.25) is 0 Å². The van der Waals surface area contributed by atoms with Crippen LogP contribution >= 0.6 is 0 Å². The van der Waals surface area contributed by atoms with Crippen molar-refractivity contribution in [3.05, 3.63) is 89.2 Å². The van der Waals surface area contributed by atoms with Gasteiger partial charge in [-0.2, -0.15) is 13.2 Å². The van der Waals surface area contributed by atoms with Crippen LogP contribution in [0.1, 0.15) is 22.6 Å². The number of dihydropyridines is 1. The van der Waals surface area contributed by atoms with Gasteiger partial charge in [0.2, 0.25) is 5.91 Å². The lowest BCUT2D eigenvalue weighted by atomic mass is 9.73. The van der Waals surface area contributed by atoms with E-state index in [1.807, 2.05) is 34.9 Å². The quantitative estimate of drug-likeness (QED) is 0.469. The molecule has 2 unspecified atom stereocenters. The third-order valence-electron chi connectivity index (χ3n) is 6.93.